The number of carbonyl (C=O) groups is 1. The largest absolute Gasteiger partial charge is 0.378 e. The van der Waals surface area contributed by atoms with Crippen molar-refractivity contribution in [2.75, 3.05) is 53.5 Å². The molecule has 3 rings (SSSR count). The molecule has 1 saturated carbocycles. The van der Waals surface area contributed by atoms with Crippen LogP contribution in [0.5, 0.6) is 0 Å². The molecule has 7 nitrogen and oxygen atoms in total. The smallest absolute Gasteiger partial charge is 0.243 e. The fraction of sp³-hybridized carbons (Fsp3) is 0.905. The minimum atomic E-state index is 0. The highest BCUT2D eigenvalue weighted by molar-refractivity contribution is 14.0. The highest BCUT2D eigenvalue weighted by Gasteiger charge is 2.25. The minimum absolute atomic E-state index is 0. The first-order chi connectivity index (χ1) is 13.6. The number of carbonyl (C=O) groups excluding carboxylic acids is 1. The molecule has 1 atom stereocenters. The number of ether oxygens (including phenoxy) is 2. The van der Waals surface area contributed by atoms with Gasteiger partial charge in [-0.1, -0.05) is 12.8 Å². The van der Waals surface area contributed by atoms with Crippen molar-refractivity contribution < 1.29 is 14.3 Å². The summed E-state index contributed by atoms with van der Waals surface area (Å²) in [7, 11) is 3.54. The molecular weight excluding hydrogens is 483 g/mol. The zero-order chi connectivity index (χ0) is 19.8. The summed E-state index contributed by atoms with van der Waals surface area (Å²) in [5.41, 5.74) is 0. The van der Waals surface area contributed by atoms with E-state index in [0.29, 0.717) is 6.10 Å². The number of piperidine rings is 1. The number of guanidine groups is 1. The van der Waals surface area contributed by atoms with E-state index in [1.54, 1.807) is 19.0 Å². The van der Waals surface area contributed by atoms with Gasteiger partial charge in [0.25, 0.3) is 0 Å². The van der Waals surface area contributed by atoms with Crippen molar-refractivity contribution in [3.63, 3.8) is 0 Å². The van der Waals surface area contributed by atoms with Crippen LogP contribution in [0.25, 0.3) is 0 Å². The van der Waals surface area contributed by atoms with Gasteiger partial charge in [0.1, 0.15) is 6.54 Å². The predicted octanol–water partition coefficient (Wildman–Crippen LogP) is 2.49. The fourth-order valence-corrected chi connectivity index (χ4v) is 4.25. The molecule has 168 valence electrons. The normalized spacial score (nSPS) is 23.9. The van der Waals surface area contributed by atoms with Crippen LogP contribution < -0.4 is 5.32 Å². The molecule has 2 aliphatic heterocycles. The third-order valence-corrected chi connectivity index (χ3v) is 6.16. The summed E-state index contributed by atoms with van der Waals surface area (Å²) in [6, 6.07) is 0. The molecule has 1 N–H and O–H groups in total. The maximum atomic E-state index is 12.0. The molecular formula is C21H39IN4O3. The van der Waals surface area contributed by atoms with Gasteiger partial charge in [-0.25, -0.2) is 4.99 Å². The van der Waals surface area contributed by atoms with Crippen LogP contribution in [0, 0.1) is 5.92 Å². The standard InChI is InChI=1S/C21H38N4O3.HI/c1-24(2)20(26)15-23-21(22-14-19-8-5-13-27-19)25-11-9-18(10-12-25)28-16-17-6-3-4-7-17;/h17-19H,3-16H2,1-2H3,(H,22,23);1H. The molecule has 0 radical (unpaired) electrons. The van der Waals surface area contributed by atoms with E-state index in [2.05, 4.69) is 15.2 Å². The summed E-state index contributed by atoms with van der Waals surface area (Å²) in [5, 5.41) is 3.46. The molecule has 1 unspecified atom stereocenters. The van der Waals surface area contributed by atoms with Crippen LogP contribution in [0.4, 0.5) is 0 Å². The second kappa shape index (κ2) is 12.9. The monoisotopic (exact) mass is 522 g/mol. The second-order valence-electron chi connectivity index (χ2n) is 8.61. The van der Waals surface area contributed by atoms with E-state index < -0.39 is 0 Å². The Morgan fingerprint density at radius 3 is 2.48 bits per heavy atom. The molecule has 0 aromatic heterocycles. The average molecular weight is 522 g/mol. The van der Waals surface area contributed by atoms with E-state index >= 15 is 0 Å². The molecule has 29 heavy (non-hydrogen) atoms. The highest BCUT2D eigenvalue weighted by Crippen LogP contribution is 2.26. The van der Waals surface area contributed by atoms with E-state index in [4.69, 9.17) is 9.47 Å². The number of hydrogen-bond donors (Lipinski definition) is 1. The first-order valence-corrected chi connectivity index (χ1v) is 11.1. The quantitative estimate of drug-likeness (QED) is 0.316. The third kappa shape index (κ3) is 8.20. The van der Waals surface area contributed by atoms with E-state index in [-0.39, 0.29) is 42.5 Å². The van der Waals surface area contributed by atoms with Crippen LogP contribution in [-0.2, 0) is 14.3 Å². The molecule has 0 bridgehead atoms. The van der Waals surface area contributed by atoms with E-state index in [1.165, 1.54) is 25.7 Å². The molecule has 2 saturated heterocycles. The van der Waals surface area contributed by atoms with Gasteiger partial charge in [0.15, 0.2) is 5.96 Å². The SMILES string of the molecule is CN(C)C(=O)CN=C(NCC1CCCO1)N1CCC(OCC2CCCC2)CC1.I. The van der Waals surface area contributed by atoms with Crippen LogP contribution >= 0.6 is 24.0 Å². The number of nitrogens with zero attached hydrogens (tertiary/aromatic N) is 3. The van der Waals surface area contributed by atoms with Crippen molar-refractivity contribution in [3.8, 4) is 0 Å². The van der Waals surface area contributed by atoms with E-state index in [0.717, 1.165) is 70.4 Å². The number of likely N-dealkylation sites (tertiary alicyclic amines) is 1. The zero-order valence-electron chi connectivity index (χ0n) is 18.1. The lowest BCUT2D eigenvalue weighted by Crippen LogP contribution is -2.49. The van der Waals surface area contributed by atoms with Gasteiger partial charge in [0.2, 0.25) is 5.91 Å². The van der Waals surface area contributed by atoms with Crippen molar-refractivity contribution >= 4 is 35.8 Å². The molecule has 1 amide bonds. The van der Waals surface area contributed by atoms with Crippen LogP contribution in [-0.4, -0.2) is 87.4 Å². The fourth-order valence-electron chi connectivity index (χ4n) is 4.25. The summed E-state index contributed by atoms with van der Waals surface area (Å²) in [4.78, 5) is 20.4. The lowest BCUT2D eigenvalue weighted by atomic mass is 10.1. The highest BCUT2D eigenvalue weighted by atomic mass is 127. The topological polar surface area (TPSA) is 66.4 Å². The van der Waals surface area contributed by atoms with Crippen LogP contribution in [0.3, 0.4) is 0 Å². The summed E-state index contributed by atoms with van der Waals surface area (Å²) in [6.07, 6.45) is 10.3. The van der Waals surface area contributed by atoms with Gasteiger partial charge >= 0.3 is 0 Å². The Bertz CT molecular complexity index is 512. The van der Waals surface area contributed by atoms with Gasteiger partial charge in [0, 0.05) is 46.9 Å². The van der Waals surface area contributed by atoms with Gasteiger partial charge < -0.3 is 24.6 Å². The van der Waals surface area contributed by atoms with Crippen LogP contribution in [0.1, 0.15) is 51.4 Å². The van der Waals surface area contributed by atoms with Crippen LogP contribution in [0.2, 0.25) is 0 Å². The molecule has 0 aromatic rings. The molecule has 2 heterocycles. The maximum Gasteiger partial charge on any atom is 0.243 e. The minimum Gasteiger partial charge on any atom is -0.378 e. The number of halogens is 1. The molecule has 0 aromatic carbocycles. The molecule has 3 fully saturated rings. The number of hydrogen-bond acceptors (Lipinski definition) is 4. The van der Waals surface area contributed by atoms with Gasteiger partial charge in [0.05, 0.1) is 12.2 Å². The Hall–Kier alpha value is -0.610. The summed E-state index contributed by atoms with van der Waals surface area (Å²) >= 11 is 0. The first-order valence-electron chi connectivity index (χ1n) is 11.1. The lowest BCUT2D eigenvalue weighted by molar-refractivity contribution is -0.127. The second-order valence-corrected chi connectivity index (χ2v) is 8.61. The van der Waals surface area contributed by atoms with Crippen LogP contribution in [0.15, 0.2) is 4.99 Å². The van der Waals surface area contributed by atoms with Gasteiger partial charge in [-0.3, -0.25) is 4.79 Å². The van der Waals surface area contributed by atoms with Crippen molar-refractivity contribution in [3.05, 3.63) is 0 Å². The van der Waals surface area contributed by atoms with Gasteiger partial charge in [-0.15, -0.1) is 24.0 Å². The van der Waals surface area contributed by atoms with Crippen molar-refractivity contribution in [1.29, 1.82) is 0 Å². The Labute approximate surface area is 193 Å². The third-order valence-electron chi connectivity index (χ3n) is 6.16. The predicted molar refractivity (Wildman–Crippen MR) is 126 cm³/mol. The summed E-state index contributed by atoms with van der Waals surface area (Å²) in [6.45, 7) is 4.56. The lowest BCUT2D eigenvalue weighted by Gasteiger charge is -2.35. The molecule has 8 heteroatoms. The average Bonchev–Trinajstić information content (AvgIpc) is 3.40. The Morgan fingerprint density at radius 2 is 1.86 bits per heavy atom. The number of amides is 1. The Balaban J connectivity index is 0.00000300. The number of nitrogens with one attached hydrogen (secondary N) is 1. The summed E-state index contributed by atoms with van der Waals surface area (Å²) in [5.74, 6) is 1.63. The van der Waals surface area contributed by atoms with E-state index in [1.807, 2.05) is 0 Å². The zero-order valence-corrected chi connectivity index (χ0v) is 20.4. The maximum absolute atomic E-state index is 12.0. The number of aliphatic imine (C=N–C) groups is 1. The van der Waals surface area contributed by atoms with Crippen molar-refractivity contribution in [1.82, 2.24) is 15.1 Å². The Kier molecular flexibility index (Phi) is 11.0. The molecule has 0 spiro atoms. The Morgan fingerprint density at radius 1 is 1.14 bits per heavy atom. The van der Waals surface area contributed by atoms with Crippen molar-refractivity contribution in [2.24, 2.45) is 10.9 Å². The summed E-state index contributed by atoms with van der Waals surface area (Å²) < 4.78 is 11.9. The van der Waals surface area contributed by atoms with E-state index in [9.17, 15) is 4.79 Å². The van der Waals surface area contributed by atoms with Crippen molar-refractivity contribution in [2.45, 2.75) is 63.6 Å². The number of likely N-dealkylation sites (N-methyl/N-ethyl adjacent to an activating group) is 1. The van der Waals surface area contributed by atoms with Gasteiger partial charge in [-0.05, 0) is 44.4 Å². The van der Waals surface area contributed by atoms with Gasteiger partial charge in [-0.2, -0.15) is 0 Å². The molecule has 3 aliphatic rings. The first kappa shape index (κ1) is 24.7. The number of rotatable bonds is 7. The molecule has 1 aliphatic carbocycles.